The molecule has 3 rings (SSSR count). The molecule has 2 heterocycles. The van der Waals surface area contributed by atoms with E-state index in [1.54, 1.807) is 13.8 Å². The van der Waals surface area contributed by atoms with Gasteiger partial charge in [-0.15, -0.1) is 0 Å². The molecule has 4 nitrogen and oxygen atoms in total. The van der Waals surface area contributed by atoms with Gasteiger partial charge in [-0.25, -0.2) is 0 Å². The van der Waals surface area contributed by atoms with E-state index in [0.717, 1.165) is 28.6 Å². The summed E-state index contributed by atoms with van der Waals surface area (Å²) in [6.45, 7) is 9.00. The van der Waals surface area contributed by atoms with Crippen molar-refractivity contribution in [2.45, 2.75) is 47.0 Å². The molecule has 0 saturated carbocycles. The fraction of sp³-hybridized carbons (Fsp3) is 0.381. The molecule has 0 spiro atoms. The number of aryl methyl sites for hydroxylation is 1. The first-order valence-electron chi connectivity index (χ1n) is 8.73. The lowest BCUT2D eigenvalue weighted by Gasteiger charge is -2.31. The number of hydrogen-bond acceptors (Lipinski definition) is 3. The molecule has 0 amide bonds. The lowest BCUT2D eigenvalue weighted by atomic mass is 9.73. The van der Waals surface area contributed by atoms with Crippen molar-refractivity contribution in [3.8, 4) is 0 Å². The molecule has 1 aliphatic heterocycles. The lowest BCUT2D eigenvalue weighted by Crippen LogP contribution is -2.33. The number of H-pyrrole nitrogens is 1. The highest BCUT2D eigenvalue weighted by Crippen LogP contribution is 2.42. The van der Waals surface area contributed by atoms with Crippen LogP contribution in [-0.4, -0.2) is 22.3 Å². The largest absolute Gasteiger partial charge is 0.361 e. The standard InChI is InChI=1S/C21H24N2O2/c1-6-15-8-7-9-16-17(10-22-21(15)16)20-18(13(4)24)11(2)23-12(3)19(20)14(5)25/h7-10,18,20,22H,6H2,1-5H3/t18?,20-/m1/s1. The molecule has 1 aliphatic rings. The number of rotatable bonds is 4. The maximum absolute atomic E-state index is 12.4. The van der Waals surface area contributed by atoms with E-state index >= 15 is 0 Å². The normalized spacial score (nSPS) is 20.8. The van der Waals surface area contributed by atoms with Crippen molar-refractivity contribution in [1.29, 1.82) is 0 Å². The van der Waals surface area contributed by atoms with E-state index in [-0.39, 0.29) is 17.5 Å². The molecule has 0 radical (unpaired) electrons. The van der Waals surface area contributed by atoms with Gasteiger partial charge in [0.25, 0.3) is 0 Å². The number of nitrogens with one attached hydrogen (secondary N) is 1. The maximum Gasteiger partial charge on any atom is 0.158 e. The first-order chi connectivity index (χ1) is 11.9. The molecule has 1 N–H and O–H groups in total. The molecule has 130 valence electrons. The smallest absolute Gasteiger partial charge is 0.158 e. The average Bonchev–Trinajstić information content (AvgIpc) is 2.96. The van der Waals surface area contributed by atoms with Crippen LogP contribution in [0.3, 0.4) is 0 Å². The molecule has 0 aliphatic carbocycles. The zero-order valence-corrected chi connectivity index (χ0v) is 15.4. The SMILES string of the molecule is CCc1cccc2c([C@H]3C(C(C)=O)=C(C)N=C(C)C3C(C)=O)c[nH]c12. The second-order valence-electron chi connectivity index (χ2n) is 6.81. The van der Waals surface area contributed by atoms with Crippen LogP contribution in [-0.2, 0) is 16.0 Å². The van der Waals surface area contributed by atoms with Crippen LogP contribution in [0, 0.1) is 5.92 Å². The van der Waals surface area contributed by atoms with Crippen LogP contribution in [0.1, 0.15) is 51.7 Å². The molecule has 2 aromatic rings. The van der Waals surface area contributed by atoms with Crippen molar-refractivity contribution in [2.24, 2.45) is 10.9 Å². The zero-order chi connectivity index (χ0) is 18.3. The van der Waals surface area contributed by atoms with Gasteiger partial charge in [0.2, 0.25) is 0 Å². The maximum atomic E-state index is 12.4. The number of ketones is 2. The van der Waals surface area contributed by atoms with Gasteiger partial charge < -0.3 is 4.98 Å². The Kier molecular flexibility index (Phi) is 4.46. The molecule has 1 aromatic heterocycles. The number of nitrogens with zero attached hydrogens (tertiary/aromatic N) is 1. The summed E-state index contributed by atoms with van der Waals surface area (Å²) in [5.41, 5.74) is 5.46. The number of para-hydroxylation sites is 1. The minimum absolute atomic E-state index is 0.0222. The Morgan fingerprint density at radius 2 is 1.92 bits per heavy atom. The Bertz CT molecular complexity index is 931. The fourth-order valence-electron chi connectivity index (χ4n) is 4.16. The highest BCUT2D eigenvalue weighted by atomic mass is 16.1. The van der Waals surface area contributed by atoms with E-state index in [2.05, 4.69) is 29.0 Å². The lowest BCUT2D eigenvalue weighted by molar-refractivity contribution is -0.119. The molecule has 1 aromatic carbocycles. The van der Waals surface area contributed by atoms with E-state index in [4.69, 9.17) is 0 Å². The summed E-state index contributed by atoms with van der Waals surface area (Å²) in [5, 5.41) is 1.08. The third kappa shape index (κ3) is 2.76. The van der Waals surface area contributed by atoms with Gasteiger partial charge in [-0.3, -0.25) is 14.6 Å². The van der Waals surface area contributed by atoms with Crippen molar-refractivity contribution in [2.75, 3.05) is 0 Å². The van der Waals surface area contributed by atoms with Crippen LogP contribution in [0.25, 0.3) is 10.9 Å². The van der Waals surface area contributed by atoms with Gasteiger partial charge in [0.05, 0.1) is 5.92 Å². The van der Waals surface area contributed by atoms with Gasteiger partial charge in [0.1, 0.15) is 5.78 Å². The van der Waals surface area contributed by atoms with Gasteiger partial charge in [0, 0.05) is 40.0 Å². The molecular weight excluding hydrogens is 312 g/mol. The van der Waals surface area contributed by atoms with Gasteiger partial charge >= 0.3 is 0 Å². The van der Waals surface area contributed by atoms with Crippen LogP contribution in [0.4, 0.5) is 0 Å². The van der Waals surface area contributed by atoms with Gasteiger partial charge in [0.15, 0.2) is 5.78 Å². The Hall–Kier alpha value is -2.49. The molecule has 0 saturated heterocycles. The van der Waals surface area contributed by atoms with Gasteiger partial charge in [-0.1, -0.05) is 25.1 Å². The fourth-order valence-corrected chi connectivity index (χ4v) is 4.16. The van der Waals surface area contributed by atoms with E-state index in [9.17, 15) is 9.59 Å². The third-order valence-electron chi connectivity index (χ3n) is 5.20. The summed E-state index contributed by atoms with van der Waals surface area (Å²) < 4.78 is 0. The number of Topliss-reactive ketones (excluding diaryl/α,β-unsaturated/α-hetero) is 2. The third-order valence-corrected chi connectivity index (χ3v) is 5.20. The predicted molar refractivity (Wildman–Crippen MR) is 101 cm³/mol. The summed E-state index contributed by atoms with van der Waals surface area (Å²) in [6, 6.07) is 6.20. The van der Waals surface area contributed by atoms with Crippen LogP contribution in [0.2, 0.25) is 0 Å². The topological polar surface area (TPSA) is 62.3 Å². The number of aromatic amines is 1. The van der Waals surface area contributed by atoms with Crippen LogP contribution >= 0.6 is 0 Å². The van der Waals surface area contributed by atoms with E-state index in [1.165, 1.54) is 5.56 Å². The molecule has 2 atom stereocenters. The number of fused-ring (bicyclic) bond motifs is 1. The average molecular weight is 336 g/mol. The quantitative estimate of drug-likeness (QED) is 0.902. The molecule has 0 fully saturated rings. The zero-order valence-electron chi connectivity index (χ0n) is 15.4. The van der Waals surface area contributed by atoms with Crippen molar-refractivity contribution < 1.29 is 9.59 Å². The number of aliphatic imine (C=N–C) groups is 1. The Morgan fingerprint density at radius 3 is 2.52 bits per heavy atom. The van der Waals surface area contributed by atoms with Crippen molar-refractivity contribution in [3.63, 3.8) is 0 Å². The molecule has 25 heavy (non-hydrogen) atoms. The first-order valence-corrected chi connectivity index (χ1v) is 8.73. The minimum Gasteiger partial charge on any atom is -0.361 e. The van der Waals surface area contributed by atoms with Crippen LogP contribution in [0.5, 0.6) is 0 Å². The van der Waals surface area contributed by atoms with E-state index < -0.39 is 5.92 Å². The van der Waals surface area contributed by atoms with Crippen molar-refractivity contribution in [3.05, 3.63) is 46.8 Å². The van der Waals surface area contributed by atoms with Crippen LogP contribution < -0.4 is 0 Å². The number of benzene rings is 1. The molecule has 1 unspecified atom stereocenters. The second-order valence-corrected chi connectivity index (χ2v) is 6.81. The van der Waals surface area contributed by atoms with Gasteiger partial charge in [-0.05, 0) is 45.2 Å². The van der Waals surface area contributed by atoms with E-state index in [0.29, 0.717) is 11.3 Å². The first kappa shape index (κ1) is 17.3. The highest BCUT2D eigenvalue weighted by Gasteiger charge is 2.39. The van der Waals surface area contributed by atoms with Crippen molar-refractivity contribution in [1.82, 2.24) is 4.98 Å². The summed E-state index contributed by atoms with van der Waals surface area (Å²) in [4.78, 5) is 32.7. The number of hydrogen-bond donors (Lipinski definition) is 1. The molecule has 4 heteroatoms. The summed E-state index contributed by atoms with van der Waals surface area (Å²) in [5.74, 6) is -0.662. The number of carbonyl (C=O) groups is 2. The number of carbonyl (C=O) groups excluding carboxylic acids is 2. The van der Waals surface area contributed by atoms with Crippen molar-refractivity contribution >= 4 is 28.2 Å². The highest BCUT2D eigenvalue weighted by molar-refractivity contribution is 6.10. The summed E-state index contributed by atoms with van der Waals surface area (Å²) in [7, 11) is 0. The number of allylic oxidation sites excluding steroid dienone is 2. The van der Waals surface area contributed by atoms with Gasteiger partial charge in [-0.2, -0.15) is 0 Å². The van der Waals surface area contributed by atoms with Crippen LogP contribution in [0.15, 0.2) is 40.7 Å². The molecular formula is C21H24N2O2. The molecule has 0 bridgehead atoms. The Labute approximate surface area is 148 Å². The summed E-state index contributed by atoms with van der Waals surface area (Å²) >= 11 is 0. The second kappa shape index (κ2) is 6.43. The summed E-state index contributed by atoms with van der Waals surface area (Å²) in [6.07, 6.45) is 2.88. The predicted octanol–water partition coefficient (Wildman–Crippen LogP) is 4.36. The number of aromatic nitrogens is 1. The monoisotopic (exact) mass is 336 g/mol. The Morgan fingerprint density at radius 1 is 1.20 bits per heavy atom. The Balaban J connectivity index is 2.30. The van der Waals surface area contributed by atoms with E-state index in [1.807, 2.05) is 26.1 Å². The minimum atomic E-state index is -0.396.